The van der Waals surface area contributed by atoms with E-state index in [4.69, 9.17) is 0 Å². The van der Waals surface area contributed by atoms with Crippen molar-refractivity contribution in [2.75, 3.05) is 27.2 Å². The van der Waals surface area contributed by atoms with Gasteiger partial charge in [-0.2, -0.15) is 0 Å². The Morgan fingerprint density at radius 3 is 2.47 bits per heavy atom. The van der Waals surface area contributed by atoms with Crippen LogP contribution in [0.3, 0.4) is 0 Å². The summed E-state index contributed by atoms with van der Waals surface area (Å²) < 4.78 is 0. The second-order valence-electron chi connectivity index (χ2n) is 4.94. The largest absolute Gasteiger partial charge is 0.313 e. The fourth-order valence-corrected chi connectivity index (χ4v) is 2.03. The maximum atomic E-state index is 3.63. The highest BCUT2D eigenvalue weighted by atomic mass is 15.1. The first-order valence-electron chi connectivity index (χ1n) is 6.64. The summed E-state index contributed by atoms with van der Waals surface area (Å²) in [6.45, 7) is 4.46. The average Bonchev–Trinajstić information content (AvgIpc) is 2.33. The zero-order valence-electron chi connectivity index (χ0n) is 11.4. The van der Waals surface area contributed by atoms with Crippen molar-refractivity contribution in [1.29, 1.82) is 0 Å². The molecular weight excluding hydrogens is 208 g/mol. The van der Waals surface area contributed by atoms with Gasteiger partial charge in [0.25, 0.3) is 0 Å². The molecule has 1 N–H and O–H groups in total. The molecule has 0 saturated carbocycles. The molecule has 1 aromatic rings. The normalized spacial score (nSPS) is 12.9. The molecule has 0 saturated heterocycles. The Balaban J connectivity index is 2.37. The van der Waals surface area contributed by atoms with Gasteiger partial charge in [-0.15, -0.1) is 0 Å². The molecule has 0 aliphatic heterocycles. The summed E-state index contributed by atoms with van der Waals surface area (Å²) >= 11 is 0. The first-order chi connectivity index (χ1) is 8.22. The molecule has 2 heteroatoms. The average molecular weight is 234 g/mol. The van der Waals surface area contributed by atoms with Crippen LogP contribution in [0.2, 0.25) is 0 Å². The van der Waals surface area contributed by atoms with Gasteiger partial charge < -0.3 is 10.2 Å². The van der Waals surface area contributed by atoms with Crippen LogP contribution in [0.4, 0.5) is 0 Å². The molecule has 1 aromatic carbocycles. The first kappa shape index (κ1) is 14.2. The van der Waals surface area contributed by atoms with Crippen LogP contribution in [0, 0.1) is 0 Å². The van der Waals surface area contributed by atoms with Crippen LogP contribution in [0.1, 0.15) is 25.3 Å². The number of aryl methyl sites for hydroxylation is 1. The lowest BCUT2D eigenvalue weighted by atomic mass is 10.0. The summed E-state index contributed by atoms with van der Waals surface area (Å²) in [6, 6.07) is 11.4. The number of hydrogen-bond acceptors (Lipinski definition) is 2. The van der Waals surface area contributed by atoms with E-state index in [0.717, 1.165) is 19.5 Å². The molecule has 17 heavy (non-hydrogen) atoms. The lowest BCUT2D eigenvalue weighted by molar-refractivity contribution is 0.326. The van der Waals surface area contributed by atoms with E-state index in [9.17, 15) is 0 Å². The van der Waals surface area contributed by atoms with E-state index in [2.05, 4.69) is 61.6 Å². The van der Waals surface area contributed by atoms with E-state index < -0.39 is 0 Å². The Kier molecular flexibility index (Phi) is 6.90. The van der Waals surface area contributed by atoms with Crippen molar-refractivity contribution in [3.63, 3.8) is 0 Å². The molecule has 0 radical (unpaired) electrons. The highest BCUT2D eigenvalue weighted by Crippen LogP contribution is 2.05. The maximum Gasteiger partial charge on any atom is 0.0197 e. The third-order valence-corrected chi connectivity index (χ3v) is 2.89. The standard InChI is InChI=1S/C15H26N2/c1-4-12-16-15(13-17(2)3)11-10-14-8-6-5-7-9-14/h5-9,15-16H,4,10-13H2,1-3H3. The second-order valence-corrected chi connectivity index (χ2v) is 4.94. The third-order valence-electron chi connectivity index (χ3n) is 2.89. The Labute approximate surface area is 106 Å². The summed E-state index contributed by atoms with van der Waals surface area (Å²) in [5.74, 6) is 0. The predicted molar refractivity (Wildman–Crippen MR) is 75.4 cm³/mol. The molecule has 0 amide bonds. The Hall–Kier alpha value is -0.860. The van der Waals surface area contributed by atoms with Crippen LogP contribution in [-0.4, -0.2) is 38.1 Å². The van der Waals surface area contributed by atoms with E-state index in [0.29, 0.717) is 6.04 Å². The minimum absolute atomic E-state index is 0.602. The highest BCUT2D eigenvalue weighted by molar-refractivity contribution is 5.14. The summed E-state index contributed by atoms with van der Waals surface area (Å²) in [5.41, 5.74) is 1.44. The Morgan fingerprint density at radius 1 is 1.18 bits per heavy atom. The fraction of sp³-hybridized carbons (Fsp3) is 0.600. The number of likely N-dealkylation sites (N-methyl/N-ethyl adjacent to an activating group) is 1. The van der Waals surface area contributed by atoms with Crippen molar-refractivity contribution >= 4 is 0 Å². The topological polar surface area (TPSA) is 15.3 Å². The van der Waals surface area contributed by atoms with Crippen LogP contribution < -0.4 is 5.32 Å². The second kappa shape index (κ2) is 8.26. The number of benzene rings is 1. The minimum Gasteiger partial charge on any atom is -0.313 e. The van der Waals surface area contributed by atoms with Crippen molar-refractivity contribution < 1.29 is 0 Å². The van der Waals surface area contributed by atoms with Crippen molar-refractivity contribution in [3.05, 3.63) is 35.9 Å². The van der Waals surface area contributed by atoms with Crippen LogP contribution in [0.15, 0.2) is 30.3 Å². The molecule has 96 valence electrons. The van der Waals surface area contributed by atoms with Crippen molar-refractivity contribution in [2.45, 2.75) is 32.2 Å². The van der Waals surface area contributed by atoms with Gasteiger partial charge in [0.05, 0.1) is 0 Å². The number of hydrogen-bond donors (Lipinski definition) is 1. The summed E-state index contributed by atoms with van der Waals surface area (Å²) in [4.78, 5) is 2.26. The van der Waals surface area contributed by atoms with Crippen LogP contribution >= 0.6 is 0 Å². The highest BCUT2D eigenvalue weighted by Gasteiger charge is 2.08. The summed E-state index contributed by atoms with van der Waals surface area (Å²) in [5, 5.41) is 3.63. The molecule has 1 rings (SSSR count). The monoisotopic (exact) mass is 234 g/mol. The number of nitrogens with zero attached hydrogens (tertiary/aromatic N) is 1. The Morgan fingerprint density at radius 2 is 1.88 bits per heavy atom. The SMILES string of the molecule is CCCNC(CCc1ccccc1)CN(C)C. The molecule has 0 aliphatic carbocycles. The van der Waals surface area contributed by atoms with Gasteiger partial charge in [0.15, 0.2) is 0 Å². The molecule has 1 unspecified atom stereocenters. The van der Waals surface area contributed by atoms with Gasteiger partial charge in [-0.3, -0.25) is 0 Å². The predicted octanol–water partition coefficient (Wildman–Crippen LogP) is 2.55. The zero-order chi connectivity index (χ0) is 12.5. The fourth-order valence-electron chi connectivity index (χ4n) is 2.03. The molecule has 1 atom stereocenters. The van der Waals surface area contributed by atoms with Gasteiger partial charge in [-0.1, -0.05) is 37.3 Å². The lowest BCUT2D eigenvalue weighted by Gasteiger charge is -2.22. The van der Waals surface area contributed by atoms with Gasteiger partial charge in [-0.05, 0) is 45.5 Å². The van der Waals surface area contributed by atoms with Gasteiger partial charge in [0, 0.05) is 12.6 Å². The van der Waals surface area contributed by atoms with Crippen LogP contribution in [-0.2, 0) is 6.42 Å². The maximum absolute atomic E-state index is 3.63. The molecular formula is C15H26N2. The number of rotatable bonds is 8. The molecule has 2 nitrogen and oxygen atoms in total. The van der Waals surface area contributed by atoms with E-state index in [-0.39, 0.29) is 0 Å². The summed E-state index contributed by atoms with van der Waals surface area (Å²) in [7, 11) is 4.28. The quantitative estimate of drug-likeness (QED) is 0.743. The number of nitrogens with one attached hydrogen (secondary N) is 1. The first-order valence-corrected chi connectivity index (χ1v) is 6.64. The van der Waals surface area contributed by atoms with Crippen molar-refractivity contribution in [3.8, 4) is 0 Å². The van der Waals surface area contributed by atoms with Gasteiger partial charge in [0.1, 0.15) is 0 Å². The third kappa shape index (κ3) is 6.44. The van der Waals surface area contributed by atoms with E-state index in [1.165, 1.54) is 18.4 Å². The molecule has 0 aromatic heterocycles. The van der Waals surface area contributed by atoms with Gasteiger partial charge in [-0.25, -0.2) is 0 Å². The Bertz CT molecular complexity index is 282. The van der Waals surface area contributed by atoms with Crippen molar-refractivity contribution in [2.24, 2.45) is 0 Å². The van der Waals surface area contributed by atoms with Crippen LogP contribution in [0.5, 0.6) is 0 Å². The van der Waals surface area contributed by atoms with E-state index in [1.807, 2.05) is 0 Å². The lowest BCUT2D eigenvalue weighted by Crippen LogP contribution is -2.39. The molecule has 0 fully saturated rings. The van der Waals surface area contributed by atoms with Gasteiger partial charge in [0.2, 0.25) is 0 Å². The van der Waals surface area contributed by atoms with E-state index in [1.54, 1.807) is 0 Å². The summed E-state index contributed by atoms with van der Waals surface area (Å²) in [6.07, 6.45) is 3.58. The molecule has 0 aliphatic rings. The molecule has 0 bridgehead atoms. The smallest absolute Gasteiger partial charge is 0.0197 e. The molecule has 0 heterocycles. The molecule has 0 spiro atoms. The van der Waals surface area contributed by atoms with Crippen LogP contribution in [0.25, 0.3) is 0 Å². The van der Waals surface area contributed by atoms with E-state index >= 15 is 0 Å². The minimum atomic E-state index is 0.602. The van der Waals surface area contributed by atoms with Crippen molar-refractivity contribution in [1.82, 2.24) is 10.2 Å². The zero-order valence-corrected chi connectivity index (χ0v) is 11.4. The van der Waals surface area contributed by atoms with Gasteiger partial charge >= 0.3 is 0 Å².